The van der Waals surface area contributed by atoms with Gasteiger partial charge in [0, 0.05) is 19.2 Å². The zero-order valence-corrected chi connectivity index (χ0v) is 9.87. The average molecular weight is 262 g/mol. The van der Waals surface area contributed by atoms with Crippen LogP contribution in [-0.4, -0.2) is 24.8 Å². The SMILES string of the molecule is NCC(NCCCO)c1ccc(C(F)(F)F)cc1. The summed E-state index contributed by atoms with van der Waals surface area (Å²) in [5, 5.41) is 11.7. The van der Waals surface area contributed by atoms with Gasteiger partial charge in [-0.25, -0.2) is 0 Å². The number of alkyl halides is 3. The monoisotopic (exact) mass is 262 g/mol. The second-order valence-electron chi connectivity index (χ2n) is 3.94. The molecular formula is C12H17F3N2O. The van der Waals surface area contributed by atoms with Crippen LogP contribution in [0.4, 0.5) is 13.2 Å². The second kappa shape index (κ2) is 6.72. The molecule has 18 heavy (non-hydrogen) atoms. The third kappa shape index (κ3) is 4.29. The molecule has 0 aliphatic heterocycles. The van der Waals surface area contributed by atoms with Gasteiger partial charge in [-0.15, -0.1) is 0 Å². The van der Waals surface area contributed by atoms with Crippen molar-refractivity contribution in [1.82, 2.24) is 5.32 Å². The molecule has 0 aromatic heterocycles. The molecule has 1 aromatic rings. The lowest BCUT2D eigenvalue weighted by Crippen LogP contribution is -2.29. The Balaban J connectivity index is 2.69. The fourth-order valence-corrected chi connectivity index (χ4v) is 1.60. The lowest BCUT2D eigenvalue weighted by Gasteiger charge is -2.17. The molecule has 0 spiro atoms. The van der Waals surface area contributed by atoms with E-state index in [1.54, 1.807) is 0 Å². The fourth-order valence-electron chi connectivity index (χ4n) is 1.60. The summed E-state index contributed by atoms with van der Waals surface area (Å²) in [6, 6.07) is 4.74. The highest BCUT2D eigenvalue weighted by Crippen LogP contribution is 2.29. The van der Waals surface area contributed by atoms with Gasteiger partial charge in [0.1, 0.15) is 0 Å². The van der Waals surface area contributed by atoms with E-state index < -0.39 is 11.7 Å². The smallest absolute Gasteiger partial charge is 0.396 e. The summed E-state index contributed by atoms with van der Waals surface area (Å²) in [4.78, 5) is 0. The first-order valence-electron chi connectivity index (χ1n) is 5.70. The molecule has 0 fully saturated rings. The van der Waals surface area contributed by atoms with Crippen molar-refractivity contribution in [1.29, 1.82) is 0 Å². The van der Waals surface area contributed by atoms with Gasteiger partial charge in [0.2, 0.25) is 0 Å². The minimum atomic E-state index is -4.32. The van der Waals surface area contributed by atoms with Gasteiger partial charge in [-0.05, 0) is 30.7 Å². The van der Waals surface area contributed by atoms with E-state index >= 15 is 0 Å². The van der Waals surface area contributed by atoms with Crippen molar-refractivity contribution in [3.63, 3.8) is 0 Å². The molecule has 102 valence electrons. The first-order valence-corrected chi connectivity index (χ1v) is 5.70. The summed E-state index contributed by atoms with van der Waals surface area (Å²) in [6.07, 6.45) is -3.74. The van der Waals surface area contributed by atoms with Gasteiger partial charge in [0.05, 0.1) is 5.56 Å². The molecule has 0 saturated carbocycles. The molecule has 0 heterocycles. The lowest BCUT2D eigenvalue weighted by molar-refractivity contribution is -0.137. The van der Waals surface area contributed by atoms with Gasteiger partial charge in [0.15, 0.2) is 0 Å². The van der Waals surface area contributed by atoms with Gasteiger partial charge >= 0.3 is 6.18 Å². The van der Waals surface area contributed by atoms with Gasteiger partial charge in [-0.1, -0.05) is 12.1 Å². The molecule has 0 aliphatic carbocycles. The molecule has 1 unspecified atom stereocenters. The van der Waals surface area contributed by atoms with Gasteiger partial charge < -0.3 is 16.2 Å². The Hall–Kier alpha value is -1.11. The Bertz CT molecular complexity index is 351. The quantitative estimate of drug-likeness (QED) is 0.684. The number of halogens is 3. The minimum Gasteiger partial charge on any atom is -0.396 e. The average Bonchev–Trinajstić information content (AvgIpc) is 2.34. The van der Waals surface area contributed by atoms with Gasteiger partial charge in [0.25, 0.3) is 0 Å². The Morgan fingerprint density at radius 2 is 1.83 bits per heavy atom. The van der Waals surface area contributed by atoms with Gasteiger partial charge in [-0.3, -0.25) is 0 Å². The summed E-state index contributed by atoms with van der Waals surface area (Å²) in [7, 11) is 0. The number of hydrogen-bond donors (Lipinski definition) is 3. The second-order valence-corrected chi connectivity index (χ2v) is 3.94. The van der Waals surface area contributed by atoms with Crippen molar-refractivity contribution in [3.8, 4) is 0 Å². The highest BCUT2D eigenvalue weighted by molar-refractivity contribution is 5.27. The minimum absolute atomic E-state index is 0.0668. The van der Waals surface area contributed by atoms with Crippen molar-refractivity contribution in [2.24, 2.45) is 5.73 Å². The number of benzene rings is 1. The predicted molar refractivity (Wildman–Crippen MR) is 62.9 cm³/mol. The number of aliphatic hydroxyl groups excluding tert-OH is 1. The van der Waals surface area contributed by atoms with E-state index in [2.05, 4.69) is 5.32 Å². The van der Waals surface area contributed by atoms with Crippen LogP contribution in [0.3, 0.4) is 0 Å². The molecule has 4 N–H and O–H groups in total. The zero-order chi connectivity index (χ0) is 13.6. The maximum atomic E-state index is 12.4. The van der Waals surface area contributed by atoms with Gasteiger partial charge in [-0.2, -0.15) is 13.2 Å². The molecule has 1 atom stereocenters. The standard InChI is InChI=1S/C12H17F3N2O/c13-12(14,15)10-4-2-9(3-5-10)11(8-16)17-6-1-7-18/h2-5,11,17-18H,1,6-8,16H2. The molecule has 6 heteroatoms. The van der Waals surface area contributed by atoms with Crippen LogP contribution in [0, 0.1) is 0 Å². The van der Waals surface area contributed by atoms with Crippen LogP contribution in [-0.2, 0) is 6.18 Å². The van der Waals surface area contributed by atoms with E-state index in [9.17, 15) is 13.2 Å². The lowest BCUT2D eigenvalue weighted by atomic mass is 10.0. The summed E-state index contributed by atoms with van der Waals surface area (Å²) in [5.74, 6) is 0. The van der Waals surface area contributed by atoms with Crippen molar-refractivity contribution in [2.45, 2.75) is 18.6 Å². The van der Waals surface area contributed by atoms with Crippen LogP contribution in [0.25, 0.3) is 0 Å². The Kier molecular flexibility index (Phi) is 5.58. The Labute approximate surface area is 104 Å². The molecule has 0 aliphatic rings. The van der Waals surface area contributed by atoms with E-state index in [-0.39, 0.29) is 19.2 Å². The van der Waals surface area contributed by atoms with E-state index in [0.717, 1.165) is 12.1 Å². The van der Waals surface area contributed by atoms with Crippen molar-refractivity contribution in [3.05, 3.63) is 35.4 Å². The largest absolute Gasteiger partial charge is 0.416 e. The molecule has 0 bridgehead atoms. The van der Waals surface area contributed by atoms with E-state index in [4.69, 9.17) is 10.8 Å². The van der Waals surface area contributed by atoms with E-state index in [1.807, 2.05) is 0 Å². The van der Waals surface area contributed by atoms with Crippen LogP contribution in [0.5, 0.6) is 0 Å². The molecule has 0 radical (unpaired) electrons. The van der Waals surface area contributed by atoms with Crippen molar-refractivity contribution in [2.75, 3.05) is 19.7 Å². The van der Waals surface area contributed by atoms with Crippen LogP contribution >= 0.6 is 0 Å². The molecule has 1 rings (SSSR count). The zero-order valence-electron chi connectivity index (χ0n) is 9.87. The fraction of sp³-hybridized carbons (Fsp3) is 0.500. The van der Waals surface area contributed by atoms with Crippen LogP contribution < -0.4 is 11.1 Å². The number of hydrogen-bond acceptors (Lipinski definition) is 3. The van der Waals surface area contributed by atoms with Crippen LogP contribution in [0.15, 0.2) is 24.3 Å². The van der Waals surface area contributed by atoms with Crippen molar-refractivity contribution >= 4 is 0 Å². The molecule has 1 aromatic carbocycles. The summed E-state index contributed by atoms with van der Waals surface area (Å²) in [5.41, 5.74) is 5.61. The maximum absolute atomic E-state index is 12.4. The summed E-state index contributed by atoms with van der Waals surface area (Å²) in [6.45, 7) is 0.924. The first-order chi connectivity index (χ1) is 8.49. The normalized spacial score (nSPS) is 13.6. The van der Waals surface area contributed by atoms with Crippen LogP contribution in [0.2, 0.25) is 0 Å². The Morgan fingerprint density at radius 3 is 2.28 bits per heavy atom. The number of nitrogens with one attached hydrogen (secondary N) is 1. The number of aliphatic hydroxyl groups is 1. The first kappa shape index (κ1) is 14.9. The molecular weight excluding hydrogens is 245 g/mol. The summed E-state index contributed by atoms with van der Waals surface area (Å²) < 4.78 is 37.1. The number of nitrogens with two attached hydrogens (primary N) is 1. The molecule has 0 amide bonds. The predicted octanol–water partition coefficient (Wildman–Crippen LogP) is 1.68. The van der Waals surface area contributed by atoms with Crippen LogP contribution in [0.1, 0.15) is 23.6 Å². The summed E-state index contributed by atoms with van der Waals surface area (Å²) >= 11 is 0. The number of rotatable bonds is 6. The van der Waals surface area contributed by atoms with E-state index in [0.29, 0.717) is 18.5 Å². The van der Waals surface area contributed by atoms with Crippen molar-refractivity contribution < 1.29 is 18.3 Å². The third-order valence-electron chi connectivity index (χ3n) is 2.60. The topological polar surface area (TPSA) is 58.3 Å². The Morgan fingerprint density at radius 1 is 1.22 bits per heavy atom. The highest BCUT2D eigenvalue weighted by atomic mass is 19.4. The maximum Gasteiger partial charge on any atom is 0.416 e. The van der Waals surface area contributed by atoms with E-state index in [1.165, 1.54) is 12.1 Å². The highest BCUT2D eigenvalue weighted by Gasteiger charge is 2.30. The molecule has 3 nitrogen and oxygen atoms in total. The third-order valence-corrected chi connectivity index (χ3v) is 2.60. The molecule has 0 saturated heterocycles.